The van der Waals surface area contributed by atoms with Crippen molar-refractivity contribution in [1.82, 2.24) is 4.98 Å². The van der Waals surface area contributed by atoms with Crippen molar-refractivity contribution in [1.29, 1.82) is 0 Å². The van der Waals surface area contributed by atoms with Gasteiger partial charge in [0, 0.05) is 24.4 Å². The Bertz CT molecular complexity index is 563. The van der Waals surface area contributed by atoms with E-state index in [4.69, 9.17) is 5.11 Å². The molecule has 6 nitrogen and oxygen atoms in total. The topological polar surface area (TPSA) is 93.3 Å². The first-order valence-corrected chi connectivity index (χ1v) is 5.29. The van der Waals surface area contributed by atoms with Crippen LogP contribution in [0.1, 0.15) is 28.3 Å². The molecule has 1 atom stereocenters. The predicted molar refractivity (Wildman–Crippen MR) is 62.8 cm³/mol. The summed E-state index contributed by atoms with van der Waals surface area (Å²) in [6.45, 7) is 0. The summed E-state index contributed by atoms with van der Waals surface area (Å²) in [6.07, 6.45) is 7.77. The second-order valence-electron chi connectivity index (χ2n) is 3.86. The summed E-state index contributed by atoms with van der Waals surface area (Å²) in [6, 6.07) is 1.63. The minimum Gasteiger partial charge on any atom is -0.478 e. The minimum absolute atomic E-state index is 0.0391. The van der Waals surface area contributed by atoms with E-state index in [-0.39, 0.29) is 17.2 Å². The van der Waals surface area contributed by atoms with E-state index in [2.05, 4.69) is 4.98 Å². The molecule has 1 aromatic heterocycles. The fraction of sp³-hybridized carbons (Fsp3) is 0.167. The zero-order valence-electron chi connectivity index (χ0n) is 9.31. The second kappa shape index (κ2) is 4.79. The largest absolute Gasteiger partial charge is 0.478 e. The van der Waals surface area contributed by atoms with Crippen molar-refractivity contribution in [3.8, 4) is 0 Å². The molecule has 0 saturated heterocycles. The molecule has 18 heavy (non-hydrogen) atoms. The van der Waals surface area contributed by atoms with Gasteiger partial charge in [-0.3, -0.25) is 15.1 Å². The van der Waals surface area contributed by atoms with Gasteiger partial charge in [-0.2, -0.15) is 0 Å². The van der Waals surface area contributed by atoms with Crippen molar-refractivity contribution >= 4 is 5.97 Å². The number of carboxylic acids is 1. The van der Waals surface area contributed by atoms with E-state index in [0.29, 0.717) is 12.0 Å². The molecule has 0 saturated carbocycles. The highest BCUT2D eigenvalue weighted by Crippen LogP contribution is 2.28. The smallest absolute Gasteiger partial charge is 0.337 e. The normalized spacial score (nSPS) is 18.2. The summed E-state index contributed by atoms with van der Waals surface area (Å²) in [5, 5.41) is 19.6. The summed E-state index contributed by atoms with van der Waals surface area (Å²) in [5.41, 5.74) is 0.787. The maximum absolute atomic E-state index is 11.0. The van der Waals surface area contributed by atoms with Crippen molar-refractivity contribution in [2.24, 2.45) is 0 Å². The number of aromatic nitrogens is 1. The highest BCUT2D eigenvalue weighted by molar-refractivity contribution is 5.89. The van der Waals surface area contributed by atoms with Crippen molar-refractivity contribution in [3.63, 3.8) is 0 Å². The average molecular weight is 246 g/mol. The number of aromatic carboxylic acids is 1. The SMILES string of the molecule is O=C(O)c1cnccc1C1C=CC([N+](=O)[O-])=CC1. The summed E-state index contributed by atoms with van der Waals surface area (Å²) in [4.78, 5) is 24.9. The summed E-state index contributed by atoms with van der Waals surface area (Å²) in [7, 11) is 0. The number of nitrogens with zero attached hydrogens (tertiary/aromatic N) is 2. The van der Waals surface area contributed by atoms with E-state index in [9.17, 15) is 14.9 Å². The van der Waals surface area contributed by atoms with Gasteiger partial charge >= 0.3 is 5.97 Å². The number of allylic oxidation sites excluding steroid dienone is 3. The Balaban J connectivity index is 2.29. The number of carboxylic acid groups (broad SMARTS) is 1. The third-order valence-corrected chi connectivity index (χ3v) is 2.78. The Morgan fingerprint density at radius 1 is 1.56 bits per heavy atom. The molecule has 1 aliphatic carbocycles. The lowest BCUT2D eigenvalue weighted by atomic mass is 9.89. The van der Waals surface area contributed by atoms with Gasteiger partial charge in [0.25, 0.3) is 5.70 Å². The number of nitro groups is 1. The van der Waals surface area contributed by atoms with Gasteiger partial charge < -0.3 is 5.11 Å². The minimum atomic E-state index is -1.05. The molecule has 1 heterocycles. The molecule has 0 radical (unpaired) electrons. The average Bonchev–Trinajstić information content (AvgIpc) is 2.39. The quantitative estimate of drug-likeness (QED) is 0.650. The van der Waals surface area contributed by atoms with Crippen LogP contribution in [0.25, 0.3) is 0 Å². The van der Waals surface area contributed by atoms with Crippen LogP contribution in [0.3, 0.4) is 0 Å². The van der Waals surface area contributed by atoms with Crippen LogP contribution in [-0.2, 0) is 0 Å². The van der Waals surface area contributed by atoms with E-state index < -0.39 is 10.9 Å². The van der Waals surface area contributed by atoms with E-state index >= 15 is 0 Å². The van der Waals surface area contributed by atoms with Gasteiger partial charge in [0.15, 0.2) is 0 Å². The van der Waals surface area contributed by atoms with Crippen LogP contribution < -0.4 is 0 Å². The molecule has 92 valence electrons. The molecule has 1 aliphatic rings. The highest BCUT2D eigenvalue weighted by Gasteiger charge is 2.21. The number of pyridine rings is 1. The van der Waals surface area contributed by atoms with Crippen LogP contribution in [0, 0.1) is 10.1 Å². The van der Waals surface area contributed by atoms with Crippen LogP contribution in [0.15, 0.2) is 42.4 Å². The first-order valence-electron chi connectivity index (χ1n) is 5.29. The molecule has 1 unspecified atom stereocenters. The van der Waals surface area contributed by atoms with Gasteiger partial charge in [-0.05, 0) is 24.1 Å². The zero-order chi connectivity index (χ0) is 13.1. The van der Waals surface area contributed by atoms with Crippen molar-refractivity contribution in [2.75, 3.05) is 0 Å². The fourth-order valence-corrected chi connectivity index (χ4v) is 1.88. The number of hydrogen-bond acceptors (Lipinski definition) is 4. The zero-order valence-corrected chi connectivity index (χ0v) is 9.31. The van der Waals surface area contributed by atoms with Gasteiger partial charge in [-0.1, -0.05) is 6.08 Å². The van der Waals surface area contributed by atoms with Crippen LogP contribution >= 0.6 is 0 Å². The summed E-state index contributed by atoms with van der Waals surface area (Å²) >= 11 is 0. The van der Waals surface area contributed by atoms with Crippen LogP contribution in [0.2, 0.25) is 0 Å². The third kappa shape index (κ3) is 2.27. The Morgan fingerprint density at radius 2 is 2.33 bits per heavy atom. The molecule has 1 N–H and O–H groups in total. The van der Waals surface area contributed by atoms with E-state index in [0.717, 1.165) is 0 Å². The van der Waals surface area contributed by atoms with Gasteiger partial charge in [-0.25, -0.2) is 4.79 Å². The van der Waals surface area contributed by atoms with Crippen LogP contribution in [0.4, 0.5) is 0 Å². The third-order valence-electron chi connectivity index (χ3n) is 2.78. The number of carbonyl (C=O) groups is 1. The predicted octanol–water partition coefficient (Wildman–Crippen LogP) is 1.98. The first-order chi connectivity index (χ1) is 8.59. The van der Waals surface area contributed by atoms with Crippen LogP contribution in [-0.4, -0.2) is 21.0 Å². The van der Waals surface area contributed by atoms with Gasteiger partial charge in [-0.15, -0.1) is 0 Å². The van der Waals surface area contributed by atoms with Crippen LogP contribution in [0.5, 0.6) is 0 Å². The fourth-order valence-electron chi connectivity index (χ4n) is 1.88. The Hall–Kier alpha value is -2.50. The van der Waals surface area contributed by atoms with Gasteiger partial charge in [0.2, 0.25) is 0 Å². The molecular weight excluding hydrogens is 236 g/mol. The second-order valence-corrected chi connectivity index (χ2v) is 3.86. The molecule has 2 rings (SSSR count). The lowest BCUT2D eigenvalue weighted by Gasteiger charge is -2.15. The van der Waals surface area contributed by atoms with Gasteiger partial charge in [0.05, 0.1) is 10.5 Å². The molecule has 0 aromatic carbocycles. The van der Waals surface area contributed by atoms with Crippen molar-refractivity contribution < 1.29 is 14.8 Å². The monoisotopic (exact) mass is 246 g/mol. The molecular formula is C12H10N2O4. The summed E-state index contributed by atoms with van der Waals surface area (Å²) < 4.78 is 0. The maximum Gasteiger partial charge on any atom is 0.337 e. The van der Waals surface area contributed by atoms with E-state index in [1.165, 1.54) is 24.5 Å². The lowest BCUT2D eigenvalue weighted by molar-refractivity contribution is -0.419. The Morgan fingerprint density at radius 3 is 2.89 bits per heavy atom. The maximum atomic E-state index is 11.0. The van der Waals surface area contributed by atoms with Crippen molar-refractivity contribution in [2.45, 2.75) is 12.3 Å². The molecule has 0 aliphatic heterocycles. The molecule has 0 fully saturated rings. The first kappa shape index (κ1) is 12.0. The molecule has 6 heteroatoms. The Kier molecular flexibility index (Phi) is 3.18. The Labute approximate surface area is 102 Å². The van der Waals surface area contributed by atoms with E-state index in [1.807, 2.05) is 0 Å². The van der Waals surface area contributed by atoms with E-state index in [1.54, 1.807) is 12.1 Å². The molecule has 0 amide bonds. The van der Waals surface area contributed by atoms with Crippen molar-refractivity contribution in [3.05, 3.63) is 63.6 Å². The number of hydrogen-bond donors (Lipinski definition) is 1. The molecule has 1 aromatic rings. The molecule has 0 spiro atoms. The summed E-state index contributed by atoms with van der Waals surface area (Å²) in [5.74, 6) is -1.21. The molecule has 0 bridgehead atoms. The highest BCUT2D eigenvalue weighted by atomic mass is 16.6. The number of rotatable bonds is 3. The lowest BCUT2D eigenvalue weighted by Crippen LogP contribution is -2.09. The standard InChI is InChI=1S/C12H10N2O4/c15-12(16)11-7-13-6-5-10(11)8-1-3-9(4-2-8)14(17)18/h1,3-8H,2H2,(H,15,16). The van der Waals surface area contributed by atoms with Gasteiger partial charge in [0.1, 0.15) is 0 Å².